The summed E-state index contributed by atoms with van der Waals surface area (Å²) in [5, 5.41) is 11.2. The van der Waals surface area contributed by atoms with Crippen LogP contribution in [-0.2, 0) is 19.3 Å². The molecule has 138 valence electrons. The number of hydrogen-bond acceptors (Lipinski definition) is 7. The van der Waals surface area contributed by atoms with E-state index in [2.05, 4.69) is 58.5 Å². The summed E-state index contributed by atoms with van der Waals surface area (Å²) >= 11 is 0. The highest BCUT2D eigenvalue weighted by molar-refractivity contribution is 5.54. The molecule has 3 rings (SSSR count). The highest BCUT2D eigenvalue weighted by atomic mass is 16.5. The second-order valence-electron chi connectivity index (χ2n) is 6.79. The predicted octanol–water partition coefficient (Wildman–Crippen LogP) is 3.18. The molecule has 0 aliphatic heterocycles. The molecule has 0 radical (unpaired) electrons. The zero-order chi connectivity index (χ0) is 18.5. The minimum absolute atomic E-state index is 0.307. The lowest BCUT2D eigenvalue weighted by molar-refractivity contribution is 0.351. The SMILES string of the molecule is CNC(C)Cc1noc(CCc2nc(-c3ccc(C(C)C)cc3)no2)n1. The van der Waals surface area contributed by atoms with Gasteiger partial charge in [0.1, 0.15) is 0 Å². The van der Waals surface area contributed by atoms with Crippen LogP contribution in [0.5, 0.6) is 0 Å². The van der Waals surface area contributed by atoms with Crippen molar-refractivity contribution in [1.82, 2.24) is 25.6 Å². The van der Waals surface area contributed by atoms with Crippen LogP contribution in [-0.4, -0.2) is 33.4 Å². The molecule has 0 saturated heterocycles. The van der Waals surface area contributed by atoms with E-state index in [0.29, 0.717) is 48.2 Å². The molecule has 1 N–H and O–H groups in total. The van der Waals surface area contributed by atoms with E-state index in [4.69, 9.17) is 9.05 Å². The quantitative estimate of drug-likeness (QED) is 0.663. The fourth-order valence-electron chi connectivity index (χ4n) is 2.56. The maximum absolute atomic E-state index is 5.35. The number of likely N-dealkylation sites (N-methyl/N-ethyl adjacent to an activating group) is 1. The third-order valence-electron chi connectivity index (χ3n) is 4.35. The molecule has 0 bridgehead atoms. The molecule has 2 heterocycles. The van der Waals surface area contributed by atoms with Crippen LogP contribution in [0.4, 0.5) is 0 Å². The van der Waals surface area contributed by atoms with E-state index in [1.54, 1.807) is 0 Å². The standard InChI is InChI=1S/C19H25N5O2/c1-12(2)14-5-7-15(8-6-14)19-22-18(26-24-19)10-9-17-21-16(23-25-17)11-13(3)20-4/h5-8,12-13,20H,9-11H2,1-4H3. The first-order valence-electron chi connectivity index (χ1n) is 8.96. The molecule has 0 spiro atoms. The zero-order valence-electron chi connectivity index (χ0n) is 15.7. The highest BCUT2D eigenvalue weighted by Gasteiger charge is 2.13. The van der Waals surface area contributed by atoms with Crippen molar-refractivity contribution in [1.29, 1.82) is 0 Å². The van der Waals surface area contributed by atoms with Gasteiger partial charge < -0.3 is 14.4 Å². The summed E-state index contributed by atoms with van der Waals surface area (Å²) in [5.41, 5.74) is 2.24. The number of aryl methyl sites for hydroxylation is 2. The van der Waals surface area contributed by atoms with Crippen LogP contribution in [0, 0.1) is 0 Å². The molecule has 3 aromatic rings. The number of aromatic nitrogens is 4. The lowest BCUT2D eigenvalue weighted by Crippen LogP contribution is -2.24. The van der Waals surface area contributed by atoms with Crippen molar-refractivity contribution < 1.29 is 9.05 Å². The van der Waals surface area contributed by atoms with Crippen LogP contribution in [0.25, 0.3) is 11.4 Å². The Morgan fingerprint density at radius 2 is 1.58 bits per heavy atom. The first-order chi connectivity index (χ1) is 12.5. The number of nitrogens with zero attached hydrogens (tertiary/aromatic N) is 4. The predicted molar refractivity (Wildman–Crippen MR) is 97.8 cm³/mol. The van der Waals surface area contributed by atoms with E-state index in [1.165, 1.54) is 5.56 Å². The van der Waals surface area contributed by atoms with Crippen molar-refractivity contribution in [3.63, 3.8) is 0 Å². The van der Waals surface area contributed by atoms with E-state index < -0.39 is 0 Å². The summed E-state index contributed by atoms with van der Waals surface area (Å²) < 4.78 is 10.6. The van der Waals surface area contributed by atoms with Crippen molar-refractivity contribution >= 4 is 0 Å². The van der Waals surface area contributed by atoms with Crippen molar-refractivity contribution in [2.45, 2.75) is 52.0 Å². The number of rotatable bonds is 8. The lowest BCUT2D eigenvalue weighted by atomic mass is 10.0. The normalized spacial score (nSPS) is 12.7. The smallest absolute Gasteiger partial charge is 0.227 e. The summed E-state index contributed by atoms with van der Waals surface area (Å²) in [6, 6.07) is 8.56. The minimum Gasteiger partial charge on any atom is -0.339 e. The number of benzene rings is 1. The summed E-state index contributed by atoms with van der Waals surface area (Å²) in [5.74, 6) is 2.96. The summed E-state index contributed by atoms with van der Waals surface area (Å²) in [7, 11) is 1.91. The van der Waals surface area contributed by atoms with E-state index in [-0.39, 0.29) is 0 Å². The van der Waals surface area contributed by atoms with Gasteiger partial charge in [0.2, 0.25) is 17.6 Å². The van der Waals surface area contributed by atoms with Gasteiger partial charge in [-0.3, -0.25) is 0 Å². The van der Waals surface area contributed by atoms with Crippen molar-refractivity contribution in [3.05, 3.63) is 47.4 Å². The Labute approximate surface area is 153 Å². The van der Waals surface area contributed by atoms with Gasteiger partial charge >= 0.3 is 0 Å². The molecular formula is C19H25N5O2. The fourth-order valence-corrected chi connectivity index (χ4v) is 2.56. The Kier molecular flexibility index (Phi) is 5.78. The molecule has 1 atom stereocenters. The van der Waals surface area contributed by atoms with Gasteiger partial charge in [-0.2, -0.15) is 9.97 Å². The molecule has 7 heteroatoms. The largest absolute Gasteiger partial charge is 0.339 e. The third kappa shape index (κ3) is 4.54. The van der Waals surface area contributed by atoms with Gasteiger partial charge in [-0.1, -0.05) is 48.4 Å². The Bertz CT molecular complexity index is 823. The summed E-state index contributed by atoms with van der Waals surface area (Å²) in [6.07, 6.45) is 1.88. The Hall–Kier alpha value is -2.54. The zero-order valence-corrected chi connectivity index (χ0v) is 15.7. The van der Waals surface area contributed by atoms with Gasteiger partial charge in [0.05, 0.1) is 0 Å². The van der Waals surface area contributed by atoms with Crippen LogP contribution in [0.2, 0.25) is 0 Å². The average molecular weight is 355 g/mol. The van der Waals surface area contributed by atoms with Gasteiger partial charge in [0.25, 0.3) is 0 Å². The lowest BCUT2D eigenvalue weighted by Gasteiger charge is -2.04. The molecule has 26 heavy (non-hydrogen) atoms. The average Bonchev–Trinajstić information content (AvgIpc) is 3.29. The monoisotopic (exact) mass is 355 g/mol. The van der Waals surface area contributed by atoms with E-state index in [0.717, 1.165) is 12.0 Å². The Morgan fingerprint density at radius 1 is 0.923 bits per heavy atom. The van der Waals surface area contributed by atoms with E-state index in [1.807, 2.05) is 19.2 Å². The third-order valence-corrected chi connectivity index (χ3v) is 4.35. The Morgan fingerprint density at radius 3 is 2.23 bits per heavy atom. The first-order valence-corrected chi connectivity index (χ1v) is 8.96. The van der Waals surface area contributed by atoms with Gasteiger partial charge in [-0.15, -0.1) is 0 Å². The summed E-state index contributed by atoms with van der Waals surface area (Å²) in [6.45, 7) is 6.41. The molecule has 0 fully saturated rings. The molecule has 0 aliphatic rings. The first kappa shape index (κ1) is 18.3. The molecule has 1 unspecified atom stereocenters. The second-order valence-corrected chi connectivity index (χ2v) is 6.79. The number of nitrogens with one attached hydrogen (secondary N) is 1. The molecule has 0 amide bonds. The van der Waals surface area contributed by atoms with Crippen LogP contribution in [0.15, 0.2) is 33.3 Å². The minimum atomic E-state index is 0.307. The van der Waals surface area contributed by atoms with Gasteiger partial charge in [-0.25, -0.2) is 0 Å². The highest BCUT2D eigenvalue weighted by Crippen LogP contribution is 2.20. The molecule has 0 saturated carbocycles. The second kappa shape index (κ2) is 8.23. The van der Waals surface area contributed by atoms with Crippen molar-refractivity contribution in [3.8, 4) is 11.4 Å². The summed E-state index contributed by atoms with van der Waals surface area (Å²) in [4.78, 5) is 8.86. The van der Waals surface area contributed by atoms with Gasteiger partial charge in [0.15, 0.2) is 5.82 Å². The molecule has 7 nitrogen and oxygen atoms in total. The molecule has 2 aromatic heterocycles. The molecule has 0 aliphatic carbocycles. The molecule has 1 aromatic carbocycles. The van der Waals surface area contributed by atoms with Crippen molar-refractivity contribution in [2.24, 2.45) is 0 Å². The Balaban J connectivity index is 1.58. The molecular weight excluding hydrogens is 330 g/mol. The number of hydrogen-bond donors (Lipinski definition) is 1. The maximum atomic E-state index is 5.35. The van der Waals surface area contributed by atoms with Crippen LogP contribution < -0.4 is 5.32 Å². The van der Waals surface area contributed by atoms with Crippen molar-refractivity contribution in [2.75, 3.05) is 7.05 Å². The topological polar surface area (TPSA) is 89.9 Å². The van der Waals surface area contributed by atoms with Crippen LogP contribution >= 0.6 is 0 Å². The van der Waals surface area contributed by atoms with Crippen LogP contribution in [0.3, 0.4) is 0 Å². The van der Waals surface area contributed by atoms with E-state index >= 15 is 0 Å². The van der Waals surface area contributed by atoms with Gasteiger partial charge in [0, 0.05) is 30.9 Å². The van der Waals surface area contributed by atoms with Gasteiger partial charge in [-0.05, 0) is 25.5 Å². The van der Waals surface area contributed by atoms with Crippen LogP contribution in [0.1, 0.15) is 49.9 Å². The maximum Gasteiger partial charge on any atom is 0.227 e. The fraction of sp³-hybridized carbons (Fsp3) is 0.474. The van der Waals surface area contributed by atoms with E-state index in [9.17, 15) is 0 Å².